The van der Waals surface area contributed by atoms with Crippen LogP contribution in [0, 0.1) is 5.82 Å². The van der Waals surface area contributed by atoms with Crippen LogP contribution in [0.4, 0.5) is 10.1 Å². The third-order valence-corrected chi connectivity index (χ3v) is 6.56. The number of Topliss-reactive ketones (excluding diaryl/α,β-unsaturated/α-hetero) is 1. The molecule has 9 heteroatoms. The standard InChI is InChI=1S/C25H24FN5O2S/c1-4-13-31-15-18(17-9-5-8-12-21(17)31)24(33)16(2)34-25-29-28-22(30(25)3)14-23(32)27-20-11-7-6-10-19(20)26/h4-12,15-16H,1,13-14H2,2-3H3,(H,27,32). The number of carbonyl (C=O) groups excluding carboxylic acids is 2. The number of nitrogens with one attached hydrogen (secondary N) is 1. The van der Waals surface area contributed by atoms with Gasteiger partial charge in [0.05, 0.1) is 17.4 Å². The Labute approximate surface area is 200 Å². The van der Waals surface area contributed by atoms with Gasteiger partial charge < -0.3 is 14.5 Å². The number of ketones is 1. The van der Waals surface area contributed by atoms with E-state index in [1.165, 1.54) is 23.9 Å². The number of nitrogens with zero attached hydrogens (tertiary/aromatic N) is 4. The number of amides is 1. The van der Waals surface area contributed by atoms with Crippen molar-refractivity contribution in [3.8, 4) is 0 Å². The molecule has 0 aliphatic heterocycles. The Morgan fingerprint density at radius 1 is 1.18 bits per heavy atom. The highest BCUT2D eigenvalue weighted by molar-refractivity contribution is 8.00. The molecule has 0 aliphatic carbocycles. The number of aromatic nitrogens is 4. The minimum Gasteiger partial charge on any atom is -0.343 e. The molecule has 1 N–H and O–H groups in total. The fraction of sp³-hybridized carbons (Fsp3) is 0.200. The number of allylic oxidation sites excluding steroid dienone is 1. The first kappa shape index (κ1) is 23.4. The maximum Gasteiger partial charge on any atom is 0.232 e. The fourth-order valence-corrected chi connectivity index (χ4v) is 4.57. The zero-order valence-electron chi connectivity index (χ0n) is 18.9. The van der Waals surface area contributed by atoms with Crippen LogP contribution in [-0.4, -0.2) is 36.3 Å². The minimum atomic E-state index is -0.508. The lowest BCUT2D eigenvalue weighted by Crippen LogP contribution is -2.18. The summed E-state index contributed by atoms with van der Waals surface area (Å²) >= 11 is 1.28. The molecule has 0 saturated carbocycles. The Kier molecular flexibility index (Phi) is 6.93. The topological polar surface area (TPSA) is 81.8 Å². The lowest BCUT2D eigenvalue weighted by molar-refractivity contribution is -0.115. The first-order chi connectivity index (χ1) is 16.4. The van der Waals surface area contributed by atoms with Gasteiger partial charge in [0, 0.05) is 36.3 Å². The van der Waals surface area contributed by atoms with Crippen molar-refractivity contribution in [2.24, 2.45) is 7.05 Å². The van der Waals surface area contributed by atoms with Crippen molar-refractivity contribution in [3.05, 3.63) is 84.6 Å². The van der Waals surface area contributed by atoms with Crippen molar-refractivity contribution in [2.45, 2.75) is 30.3 Å². The summed E-state index contributed by atoms with van der Waals surface area (Å²) in [5, 5.41) is 11.8. The Balaban J connectivity index is 1.47. The van der Waals surface area contributed by atoms with Gasteiger partial charge >= 0.3 is 0 Å². The lowest BCUT2D eigenvalue weighted by atomic mass is 10.1. The minimum absolute atomic E-state index is 0.0224. The zero-order chi connectivity index (χ0) is 24.2. The van der Waals surface area contributed by atoms with E-state index in [1.54, 1.807) is 29.8 Å². The molecule has 4 aromatic rings. The van der Waals surface area contributed by atoms with E-state index >= 15 is 0 Å². The number of halogens is 1. The maximum absolute atomic E-state index is 13.8. The highest BCUT2D eigenvalue weighted by Crippen LogP contribution is 2.29. The molecule has 1 unspecified atom stereocenters. The van der Waals surface area contributed by atoms with Crippen molar-refractivity contribution in [2.75, 3.05) is 5.32 Å². The number of benzene rings is 2. The molecule has 0 aliphatic rings. The van der Waals surface area contributed by atoms with Gasteiger partial charge in [-0.2, -0.15) is 0 Å². The molecular formula is C25H24FN5O2S. The van der Waals surface area contributed by atoms with Crippen molar-refractivity contribution in [1.29, 1.82) is 0 Å². The summed E-state index contributed by atoms with van der Waals surface area (Å²) < 4.78 is 17.5. The number of thioether (sulfide) groups is 1. The van der Waals surface area contributed by atoms with E-state index in [2.05, 4.69) is 22.1 Å². The number of carbonyl (C=O) groups is 2. The van der Waals surface area contributed by atoms with Crippen LogP contribution >= 0.6 is 11.8 Å². The van der Waals surface area contributed by atoms with Crippen molar-refractivity contribution < 1.29 is 14.0 Å². The normalized spacial score (nSPS) is 12.0. The molecule has 174 valence electrons. The van der Waals surface area contributed by atoms with E-state index < -0.39 is 17.0 Å². The molecule has 0 bridgehead atoms. The second kappa shape index (κ2) is 10.0. The predicted octanol–water partition coefficient (Wildman–Crippen LogP) is 4.64. The number of anilines is 1. The van der Waals surface area contributed by atoms with Gasteiger partial charge in [-0.15, -0.1) is 16.8 Å². The van der Waals surface area contributed by atoms with E-state index in [-0.39, 0.29) is 17.9 Å². The third-order valence-electron chi connectivity index (χ3n) is 5.42. The second-order valence-electron chi connectivity index (χ2n) is 7.79. The summed E-state index contributed by atoms with van der Waals surface area (Å²) in [6.45, 7) is 6.23. The monoisotopic (exact) mass is 477 g/mol. The summed E-state index contributed by atoms with van der Waals surface area (Å²) in [7, 11) is 1.74. The van der Waals surface area contributed by atoms with Gasteiger partial charge in [0.25, 0.3) is 0 Å². The first-order valence-electron chi connectivity index (χ1n) is 10.7. The first-order valence-corrected chi connectivity index (χ1v) is 11.6. The van der Waals surface area contributed by atoms with Crippen LogP contribution in [0.15, 0.2) is 72.5 Å². The van der Waals surface area contributed by atoms with Gasteiger partial charge in [-0.25, -0.2) is 4.39 Å². The van der Waals surface area contributed by atoms with E-state index in [4.69, 9.17) is 0 Å². The van der Waals surface area contributed by atoms with E-state index in [9.17, 15) is 14.0 Å². The Hall–Kier alpha value is -3.72. The smallest absolute Gasteiger partial charge is 0.232 e. The van der Waals surface area contributed by atoms with E-state index in [0.29, 0.717) is 23.1 Å². The number of hydrogen-bond acceptors (Lipinski definition) is 5. The number of rotatable bonds is 9. The molecular weight excluding hydrogens is 453 g/mol. The van der Waals surface area contributed by atoms with Gasteiger partial charge in [-0.3, -0.25) is 9.59 Å². The molecule has 0 saturated heterocycles. The van der Waals surface area contributed by atoms with Crippen LogP contribution in [0.3, 0.4) is 0 Å². The van der Waals surface area contributed by atoms with Crippen LogP contribution in [0.5, 0.6) is 0 Å². The van der Waals surface area contributed by atoms with Crippen LogP contribution < -0.4 is 5.32 Å². The summed E-state index contributed by atoms with van der Waals surface area (Å²) in [6.07, 6.45) is 3.58. The van der Waals surface area contributed by atoms with Gasteiger partial charge in [0.15, 0.2) is 10.9 Å². The third kappa shape index (κ3) is 4.79. The van der Waals surface area contributed by atoms with Gasteiger partial charge in [0.1, 0.15) is 11.6 Å². The zero-order valence-corrected chi connectivity index (χ0v) is 19.7. The largest absolute Gasteiger partial charge is 0.343 e. The van der Waals surface area contributed by atoms with Crippen LogP contribution in [0.2, 0.25) is 0 Å². The summed E-state index contributed by atoms with van der Waals surface area (Å²) in [6, 6.07) is 13.7. The van der Waals surface area contributed by atoms with Crippen LogP contribution in [-0.2, 0) is 24.8 Å². The number of hydrogen-bond donors (Lipinski definition) is 1. The van der Waals surface area contributed by atoms with Crippen molar-refractivity contribution in [3.63, 3.8) is 0 Å². The van der Waals surface area contributed by atoms with Crippen molar-refractivity contribution in [1.82, 2.24) is 19.3 Å². The molecule has 34 heavy (non-hydrogen) atoms. The molecule has 7 nitrogen and oxygen atoms in total. The molecule has 2 aromatic heterocycles. The molecule has 4 rings (SSSR count). The van der Waals surface area contributed by atoms with Crippen LogP contribution in [0.1, 0.15) is 23.1 Å². The van der Waals surface area contributed by atoms with E-state index in [0.717, 1.165) is 10.9 Å². The van der Waals surface area contributed by atoms with Crippen LogP contribution in [0.25, 0.3) is 10.9 Å². The summed E-state index contributed by atoms with van der Waals surface area (Å²) in [5.74, 6) is -0.521. The molecule has 1 atom stereocenters. The Morgan fingerprint density at radius 2 is 1.91 bits per heavy atom. The molecule has 0 spiro atoms. The molecule has 2 aromatic carbocycles. The fourth-order valence-electron chi connectivity index (χ4n) is 3.67. The molecule has 0 radical (unpaired) electrons. The summed E-state index contributed by atoms with van der Waals surface area (Å²) in [5.41, 5.74) is 1.73. The van der Waals surface area contributed by atoms with Gasteiger partial charge in [0.2, 0.25) is 5.91 Å². The predicted molar refractivity (Wildman–Crippen MR) is 132 cm³/mol. The average Bonchev–Trinajstić information content (AvgIpc) is 3.36. The van der Waals surface area contributed by atoms with Gasteiger partial charge in [-0.05, 0) is 25.1 Å². The van der Waals surface area contributed by atoms with E-state index in [1.807, 2.05) is 42.0 Å². The highest BCUT2D eigenvalue weighted by atomic mass is 32.2. The molecule has 0 fully saturated rings. The van der Waals surface area contributed by atoms with Gasteiger partial charge in [-0.1, -0.05) is 48.2 Å². The lowest BCUT2D eigenvalue weighted by Gasteiger charge is -2.10. The highest BCUT2D eigenvalue weighted by Gasteiger charge is 2.24. The average molecular weight is 478 g/mol. The Bertz CT molecular complexity index is 1380. The quantitative estimate of drug-likeness (QED) is 0.216. The molecule has 2 heterocycles. The second-order valence-corrected chi connectivity index (χ2v) is 9.10. The number of fused-ring (bicyclic) bond motifs is 1. The maximum atomic E-state index is 13.8. The molecule has 1 amide bonds. The SMILES string of the molecule is C=CCn1cc(C(=O)C(C)Sc2nnc(CC(=O)Nc3ccccc3F)n2C)c2ccccc21. The Morgan fingerprint density at radius 3 is 2.68 bits per heavy atom. The summed E-state index contributed by atoms with van der Waals surface area (Å²) in [4.78, 5) is 25.7. The number of para-hydroxylation sites is 2. The van der Waals surface area contributed by atoms with Crippen molar-refractivity contribution >= 4 is 40.0 Å².